The molecule has 0 atom stereocenters. The Morgan fingerprint density at radius 3 is 2.68 bits per heavy atom. The molecule has 104 valence electrons. The number of rotatable bonds is 6. The van der Waals surface area contributed by atoms with Crippen LogP contribution in [-0.2, 0) is 11.2 Å². The van der Waals surface area contributed by atoms with Crippen LogP contribution in [0.3, 0.4) is 0 Å². The van der Waals surface area contributed by atoms with Gasteiger partial charge in [-0.15, -0.1) is 0 Å². The maximum Gasteiger partial charge on any atom is 0.309 e. The van der Waals surface area contributed by atoms with Crippen LogP contribution in [0, 0.1) is 17.2 Å². The molecule has 19 heavy (non-hydrogen) atoms. The van der Waals surface area contributed by atoms with Gasteiger partial charge in [-0.1, -0.05) is 6.07 Å². The molecule has 0 saturated heterocycles. The molecule has 1 N–H and O–H groups in total. The zero-order valence-corrected chi connectivity index (χ0v) is 11.3. The predicted molar refractivity (Wildman–Crippen MR) is 69.7 cm³/mol. The molecule has 0 heterocycles. The van der Waals surface area contributed by atoms with E-state index >= 15 is 0 Å². The lowest BCUT2D eigenvalue weighted by molar-refractivity contribution is -0.146. The minimum absolute atomic E-state index is 0.254. The molecule has 2 rings (SSSR count). The van der Waals surface area contributed by atoms with Gasteiger partial charge in [0.2, 0.25) is 0 Å². The van der Waals surface area contributed by atoms with Crippen LogP contribution in [0.15, 0.2) is 18.2 Å². The molecule has 0 aliphatic heterocycles. The minimum atomic E-state index is -0.900. The Labute approximate surface area is 112 Å². The van der Waals surface area contributed by atoms with Gasteiger partial charge in [0.15, 0.2) is 11.6 Å². The van der Waals surface area contributed by atoms with Crippen molar-refractivity contribution in [2.24, 2.45) is 11.3 Å². The van der Waals surface area contributed by atoms with E-state index in [0.717, 1.165) is 12.8 Å². The van der Waals surface area contributed by atoms with E-state index in [0.29, 0.717) is 24.5 Å². The number of hydrogen-bond acceptors (Lipinski definition) is 2. The van der Waals surface area contributed by atoms with Crippen LogP contribution in [0.2, 0.25) is 0 Å². The second-order valence-electron chi connectivity index (χ2n) is 5.88. The second-order valence-corrected chi connectivity index (χ2v) is 5.88. The largest absolute Gasteiger partial charge is 0.490 e. The van der Waals surface area contributed by atoms with Gasteiger partial charge in [0.05, 0.1) is 12.0 Å². The van der Waals surface area contributed by atoms with Crippen molar-refractivity contribution >= 4 is 5.97 Å². The van der Waals surface area contributed by atoms with Crippen molar-refractivity contribution in [1.29, 1.82) is 0 Å². The fraction of sp³-hybridized carbons (Fsp3) is 0.533. The third-order valence-corrected chi connectivity index (χ3v) is 3.39. The van der Waals surface area contributed by atoms with Crippen molar-refractivity contribution < 1.29 is 19.0 Å². The third-order valence-electron chi connectivity index (χ3n) is 3.39. The van der Waals surface area contributed by atoms with Gasteiger partial charge >= 0.3 is 5.97 Å². The highest BCUT2D eigenvalue weighted by atomic mass is 19.1. The van der Waals surface area contributed by atoms with Gasteiger partial charge < -0.3 is 9.84 Å². The van der Waals surface area contributed by atoms with Crippen molar-refractivity contribution in [2.75, 3.05) is 6.61 Å². The number of carbonyl (C=O) groups is 1. The van der Waals surface area contributed by atoms with Crippen LogP contribution in [-0.4, -0.2) is 17.7 Å². The molecule has 1 saturated carbocycles. The molecule has 1 aromatic rings. The predicted octanol–water partition coefficient (Wildman–Crippen LogP) is 3.27. The van der Waals surface area contributed by atoms with E-state index < -0.39 is 17.2 Å². The van der Waals surface area contributed by atoms with Crippen molar-refractivity contribution in [3.8, 4) is 5.75 Å². The van der Waals surface area contributed by atoms with E-state index in [1.807, 2.05) is 0 Å². The molecule has 0 radical (unpaired) electrons. The summed E-state index contributed by atoms with van der Waals surface area (Å²) in [6, 6.07) is 4.69. The van der Waals surface area contributed by atoms with Gasteiger partial charge in [0, 0.05) is 0 Å². The van der Waals surface area contributed by atoms with Crippen molar-refractivity contribution in [3.63, 3.8) is 0 Å². The SMILES string of the molecule is CC(C)(Cc1ccc(OCC2CC2)c(F)c1)C(=O)O. The molecule has 0 bridgehead atoms. The first kappa shape index (κ1) is 13.8. The van der Waals surface area contributed by atoms with Crippen LogP contribution < -0.4 is 4.74 Å². The van der Waals surface area contributed by atoms with Crippen LogP contribution in [0.4, 0.5) is 4.39 Å². The number of carboxylic acid groups (broad SMARTS) is 1. The van der Waals surface area contributed by atoms with Crippen molar-refractivity contribution in [2.45, 2.75) is 33.1 Å². The monoisotopic (exact) mass is 266 g/mol. The minimum Gasteiger partial charge on any atom is -0.490 e. The molecule has 1 aromatic carbocycles. The Kier molecular flexibility index (Phi) is 3.78. The van der Waals surface area contributed by atoms with E-state index in [-0.39, 0.29) is 5.75 Å². The van der Waals surface area contributed by atoms with Crippen molar-refractivity contribution in [3.05, 3.63) is 29.6 Å². The van der Waals surface area contributed by atoms with E-state index in [1.54, 1.807) is 26.0 Å². The number of carboxylic acids is 1. The molecule has 0 amide bonds. The molecule has 0 spiro atoms. The molecule has 3 nitrogen and oxygen atoms in total. The first-order chi connectivity index (χ1) is 8.88. The summed E-state index contributed by atoms with van der Waals surface area (Å²) in [6.45, 7) is 3.83. The molecular formula is C15H19FO3. The summed E-state index contributed by atoms with van der Waals surface area (Å²) < 4.78 is 19.2. The van der Waals surface area contributed by atoms with Crippen molar-refractivity contribution in [1.82, 2.24) is 0 Å². The Morgan fingerprint density at radius 1 is 1.47 bits per heavy atom. The number of aliphatic carboxylic acids is 1. The highest BCUT2D eigenvalue weighted by Gasteiger charge is 2.28. The molecular weight excluding hydrogens is 247 g/mol. The van der Waals surface area contributed by atoms with E-state index in [2.05, 4.69) is 0 Å². The van der Waals surface area contributed by atoms with E-state index in [4.69, 9.17) is 9.84 Å². The summed E-state index contributed by atoms with van der Waals surface area (Å²) in [4.78, 5) is 11.0. The van der Waals surface area contributed by atoms with E-state index in [9.17, 15) is 9.18 Å². The lowest BCUT2D eigenvalue weighted by Crippen LogP contribution is -2.26. The quantitative estimate of drug-likeness (QED) is 0.859. The van der Waals surface area contributed by atoms with Gasteiger partial charge in [-0.05, 0) is 56.7 Å². The summed E-state index contributed by atoms with van der Waals surface area (Å²) in [5, 5.41) is 9.06. The molecule has 0 aromatic heterocycles. The maximum absolute atomic E-state index is 13.8. The lowest BCUT2D eigenvalue weighted by Gasteiger charge is -2.19. The highest BCUT2D eigenvalue weighted by molar-refractivity contribution is 5.74. The average molecular weight is 266 g/mol. The highest BCUT2D eigenvalue weighted by Crippen LogP contribution is 2.31. The van der Waals surface area contributed by atoms with Gasteiger partial charge in [-0.25, -0.2) is 4.39 Å². The smallest absolute Gasteiger partial charge is 0.309 e. The first-order valence-electron chi connectivity index (χ1n) is 6.53. The number of ether oxygens (including phenoxy) is 1. The zero-order valence-electron chi connectivity index (χ0n) is 11.3. The molecule has 4 heteroatoms. The lowest BCUT2D eigenvalue weighted by atomic mass is 9.86. The Bertz CT molecular complexity index is 478. The van der Waals surface area contributed by atoms with Gasteiger partial charge in [0.25, 0.3) is 0 Å². The zero-order chi connectivity index (χ0) is 14.0. The normalized spacial score (nSPS) is 15.3. The average Bonchev–Trinajstić information content (AvgIpc) is 3.11. The summed E-state index contributed by atoms with van der Waals surface area (Å²) in [5.41, 5.74) is -0.230. The van der Waals surface area contributed by atoms with Crippen LogP contribution in [0.5, 0.6) is 5.75 Å². The Morgan fingerprint density at radius 2 is 2.16 bits per heavy atom. The maximum atomic E-state index is 13.8. The summed E-state index contributed by atoms with van der Waals surface area (Å²) >= 11 is 0. The molecule has 1 aliphatic carbocycles. The van der Waals surface area contributed by atoms with E-state index in [1.165, 1.54) is 6.07 Å². The van der Waals surface area contributed by atoms with Gasteiger partial charge in [-0.2, -0.15) is 0 Å². The summed E-state index contributed by atoms with van der Waals surface area (Å²) in [6.07, 6.45) is 2.61. The fourth-order valence-corrected chi connectivity index (χ4v) is 1.85. The van der Waals surface area contributed by atoms with Crippen LogP contribution in [0.25, 0.3) is 0 Å². The summed E-state index contributed by atoms with van der Waals surface area (Å²) in [5.74, 6) is -0.477. The number of hydrogen-bond donors (Lipinski definition) is 1. The summed E-state index contributed by atoms with van der Waals surface area (Å²) in [7, 11) is 0. The fourth-order valence-electron chi connectivity index (χ4n) is 1.85. The Hall–Kier alpha value is -1.58. The topological polar surface area (TPSA) is 46.5 Å². The second kappa shape index (κ2) is 5.19. The number of benzene rings is 1. The molecule has 0 unspecified atom stereocenters. The van der Waals surface area contributed by atoms with Crippen LogP contribution in [0.1, 0.15) is 32.3 Å². The third kappa shape index (κ3) is 3.69. The molecule has 1 aliphatic rings. The first-order valence-corrected chi connectivity index (χ1v) is 6.53. The number of halogens is 1. The molecule has 1 fully saturated rings. The Balaban J connectivity index is 2.03. The van der Waals surface area contributed by atoms with Crippen LogP contribution >= 0.6 is 0 Å². The van der Waals surface area contributed by atoms with Gasteiger partial charge in [0.1, 0.15) is 0 Å². The standard InChI is InChI=1S/C15H19FO3/c1-15(2,14(17)18)8-11-5-6-13(12(16)7-11)19-9-10-3-4-10/h5-7,10H,3-4,8-9H2,1-2H3,(H,17,18). The van der Waals surface area contributed by atoms with Gasteiger partial charge in [-0.3, -0.25) is 4.79 Å².